The number of hydrogen-bond donors (Lipinski definition) is 0. The van der Waals surface area contributed by atoms with E-state index in [9.17, 15) is 4.79 Å². The molecule has 0 saturated carbocycles. The van der Waals surface area contributed by atoms with Gasteiger partial charge in [0.25, 0.3) is 0 Å². The summed E-state index contributed by atoms with van der Waals surface area (Å²) in [5, 5.41) is 0. The molecule has 1 unspecified atom stereocenters. The molecule has 0 radical (unpaired) electrons. The quantitative estimate of drug-likeness (QED) is 0.523. The van der Waals surface area contributed by atoms with Gasteiger partial charge in [-0.25, -0.2) is 4.79 Å². The normalized spacial score (nSPS) is 23.1. The molecule has 0 aliphatic carbocycles. The SMILES string of the molecule is C=C(CN1CCN(C)CC1C)C(=O)OCC. The summed E-state index contributed by atoms with van der Waals surface area (Å²) in [6.45, 7) is 11.9. The highest BCUT2D eigenvalue weighted by Gasteiger charge is 2.23. The largest absolute Gasteiger partial charge is 0.463 e. The fraction of sp³-hybridized carbons (Fsp3) is 0.750. The van der Waals surface area contributed by atoms with Crippen LogP contribution in [0.25, 0.3) is 0 Å². The molecule has 0 spiro atoms. The van der Waals surface area contributed by atoms with Crippen molar-refractivity contribution in [3.8, 4) is 0 Å². The van der Waals surface area contributed by atoms with Gasteiger partial charge in [-0.1, -0.05) is 6.58 Å². The molecule has 1 rings (SSSR count). The molecule has 1 heterocycles. The van der Waals surface area contributed by atoms with Crippen LogP contribution in [0.1, 0.15) is 13.8 Å². The number of piperazine rings is 1. The molecule has 1 atom stereocenters. The van der Waals surface area contributed by atoms with Crippen molar-refractivity contribution in [1.82, 2.24) is 9.80 Å². The highest BCUT2D eigenvalue weighted by molar-refractivity contribution is 5.88. The van der Waals surface area contributed by atoms with E-state index in [2.05, 4.69) is 30.4 Å². The van der Waals surface area contributed by atoms with E-state index in [0.29, 0.717) is 24.8 Å². The Kier molecular flexibility index (Phi) is 4.96. The number of carbonyl (C=O) groups is 1. The Morgan fingerprint density at radius 2 is 2.19 bits per heavy atom. The molecule has 4 heteroatoms. The van der Waals surface area contributed by atoms with Gasteiger partial charge in [0.05, 0.1) is 6.61 Å². The summed E-state index contributed by atoms with van der Waals surface area (Å²) in [6.07, 6.45) is 0. The average Bonchev–Trinajstić information content (AvgIpc) is 2.22. The van der Waals surface area contributed by atoms with E-state index in [-0.39, 0.29) is 5.97 Å². The molecule has 1 aliphatic heterocycles. The third-order valence-electron chi connectivity index (χ3n) is 2.93. The molecule has 0 aromatic carbocycles. The average molecular weight is 226 g/mol. The zero-order chi connectivity index (χ0) is 12.1. The van der Waals surface area contributed by atoms with Gasteiger partial charge in [0.1, 0.15) is 0 Å². The number of hydrogen-bond acceptors (Lipinski definition) is 4. The number of rotatable bonds is 4. The molecule has 0 N–H and O–H groups in total. The van der Waals surface area contributed by atoms with Gasteiger partial charge < -0.3 is 9.64 Å². The molecule has 16 heavy (non-hydrogen) atoms. The van der Waals surface area contributed by atoms with Crippen LogP contribution in [0.2, 0.25) is 0 Å². The van der Waals surface area contributed by atoms with Gasteiger partial charge in [-0.05, 0) is 20.9 Å². The Bertz CT molecular complexity index is 266. The molecule has 4 nitrogen and oxygen atoms in total. The predicted octanol–water partition coefficient (Wildman–Crippen LogP) is 0.742. The molecular weight excluding hydrogens is 204 g/mol. The summed E-state index contributed by atoms with van der Waals surface area (Å²) in [5.41, 5.74) is 0.554. The van der Waals surface area contributed by atoms with Crippen LogP contribution < -0.4 is 0 Å². The van der Waals surface area contributed by atoms with Gasteiger partial charge in [0.2, 0.25) is 0 Å². The maximum absolute atomic E-state index is 11.4. The van der Waals surface area contributed by atoms with Crippen LogP contribution in [0, 0.1) is 0 Å². The fourth-order valence-corrected chi connectivity index (χ4v) is 1.96. The van der Waals surface area contributed by atoms with Gasteiger partial charge in [-0.3, -0.25) is 4.90 Å². The van der Waals surface area contributed by atoms with E-state index in [1.54, 1.807) is 0 Å². The summed E-state index contributed by atoms with van der Waals surface area (Å²) < 4.78 is 4.93. The van der Waals surface area contributed by atoms with Crippen LogP contribution in [-0.2, 0) is 9.53 Å². The summed E-state index contributed by atoms with van der Waals surface area (Å²) in [7, 11) is 2.12. The Hall–Kier alpha value is -0.870. The minimum atomic E-state index is -0.270. The van der Waals surface area contributed by atoms with Crippen molar-refractivity contribution in [3.05, 3.63) is 12.2 Å². The topological polar surface area (TPSA) is 32.8 Å². The zero-order valence-corrected chi connectivity index (χ0v) is 10.5. The molecule has 0 aromatic rings. The lowest BCUT2D eigenvalue weighted by molar-refractivity contribution is -0.138. The first kappa shape index (κ1) is 13.2. The van der Waals surface area contributed by atoms with Crippen molar-refractivity contribution in [2.75, 3.05) is 39.8 Å². The maximum atomic E-state index is 11.4. The van der Waals surface area contributed by atoms with Gasteiger partial charge in [0.15, 0.2) is 0 Å². The number of carbonyl (C=O) groups excluding carboxylic acids is 1. The van der Waals surface area contributed by atoms with E-state index in [0.717, 1.165) is 19.6 Å². The van der Waals surface area contributed by atoms with Crippen molar-refractivity contribution in [2.24, 2.45) is 0 Å². The third-order valence-corrected chi connectivity index (χ3v) is 2.93. The van der Waals surface area contributed by atoms with Crippen molar-refractivity contribution in [1.29, 1.82) is 0 Å². The van der Waals surface area contributed by atoms with Gasteiger partial charge in [0, 0.05) is 37.8 Å². The van der Waals surface area contributed by atoms with Crippen molar-refractivity contribution in [2.45, 2.75) is 19.9 Å². The predicted molar refractivity (Wildman–Crippen MR) is 64.3 cm³/mol. The summed E-state index contributed by atoms with van der Waals surface area (Å²) in [4.78, 5) is 16.0. The first-order valence-corrected chi connectivity index (χ1v) is 5.82. The Morgan fingerprint density at radius 1 is 1.50 bits per heavy atom. The van der Waals surface area contributed by atoms with E-state index in [1.807, 2.05) is 6.92 Å². The molecule has 0 aromatic heterocycles. The molecule has 0 amide bonds. The summed E-state index contributed by atoms with van der Waals surface area (Å²) in [6, 6.07) is 0.463. The first-order chi connectivity index (χ1) is 7.54. The summed E-state index contributed by atoms with van der Waals surface area (Å²) >= 11 is 0. The molecule has 0 bridgehead atoms. The fourth-order valence-electron chi connectivity index (χ4n) is 1.96. The Labute approximate surface area is 97.9 Å². The zero-order valence-electron chi connectivity index (χ0n) is 10.5. The minimum absolute atomic E-state index is 0.270. The van der Waals surface area contributed by atoms with Crippen LogP contribution in [0.5, 0.6) is 0 Å². The second-order valence-corrected chi connectivity index (χ2v) is 4.41. The van der Waals surface area contributed by atoms with E-state index in [4.69, 9.17) is 4.74 Å². The highest BCUT2D eigenvalue weighted by atomic mass is 16.5. The molecule has 1 aliphatic rings. The number of ether oxygens (including phenoxy) is 1. The van der Waals surface area contributed by atoms with Gasteiger partial charge >= 0.3 is 5.97 Å². The smallest absolute Gasteiger partial charge is 0.334 e. The third kappa shape index (κ3) is 3.61. The van der Waals surface area contributed by atoms with Gasteiger partial charge in [-0.2, -0.15) is 0 Å². The lowest BCUT2D eigenvalue weighted by Crippen LogP contribution is -2.51. The van der Waals surface area contributed by atoms with Crippen molar-refractivity contribution in [3.63, 3.8) is 0 Å². The molecule has 92 valence electrons. The second kappa shape index (κ2) is 6.01. The van der Waals surface area contributed by atoms with E-state index >= 15 is 0 Å². The monoisotopic (exact) mass is 226 g/mol. The molecular formula is C12H22N2O2. The number of esters is 1. The Morgan fingerprint density at radius 3 is 2.75 bits per heavy atom. The maximum Gasteiger partial charge on any atom is 0.334 e. The molecule has 1 fully saturated rings. The number of likely N-dealkylation sites (N-methyl/N-ethyl adjacent to an activating group) is 1. The van der Waals surface area contributed by atoms with Gasteiger partial charge in [-0.15, -0.1) is 0 Å². The molecule has 1 saturated heterocycles. The van der Waals surface area contributed by atoms with E-state index < -0.39 is 0 Å². The standard InChI is InChI=1S/C12H22N2O2/c1-5-16-12(15)10(2)8-14-7-6-13(4)9-11(14)3/h11H,2,5-9H2,1,3-4H3. The van der Waals surface area contributed by atoms with Crippen molar-refractivity contribution < 1.29 is 9.53 Å². The van der Waals surface area contributed by atoms with Crippen molar-refractivity contribution >= 4 is 5.97 Å². The van der Waals surface area contributed by atoms with Crippen LogP contribution >= 0.6 is 0 Å². The van der Waals surface area contributed by atoms with Crippen LogP contribution in [0.4, 0.5) is 0 Å². The van der Waals surface area contributed by atoms with Crippen LogP contribution in [0.15, 0.2) is 12.2 Å². The number of nitrogens with zero attached hydrogens (tertiary/aromatic N) is 2. The van der Waals surface area contributed by atoms with Crippen LogP contribution in [0.3, 0.4) is 0 Å². The highest BCUT2D eigenvalue weighted by Crippen LogP contribution is 2.10. The Balaban J connectivity index is 2.42. The first-order valence-electron chi connectivity index (χ1n) is 5.82. The minimum Gasteiger partial charge on any atom is -0.463 e. The lowest BCUT2D eigenvalue weighted by Gasteiger charge is -2.38. The summed E-state index contributed by atoms with van der Waals surface area (Å²) in [5.74, 6) is -0.270. The van der Waals surface area contributed by atoms with Crippen LogP contribution in [-0.4, -0.2) is 61.6 Å². The van der Waals surface area contributed by atoms with E-state index in [1.165, 1.54) is 0 Å². The lowest BCUT2D eigenvalue weighted by atomic mass is 10.1. The second-order valence-electron chi connectivity index (χ2n) is 4.41.